The summed E-state index contributed by atoms with van der Waals surface area (Å²) in [6.45, 7) is 1.10. The fourth-order valence-corrected chi connectivity index (χ4v) is 6.22. The van der Waals surface area contributed by atoms with Crippen LogP contribution in [0.3, 0.4) is 0 Å². The van der Waals surface area contributed by atoms with Gasteiger partial charge in [0.15, 0.2) is 29.4 Å². The fourth-order valence-electron chi connectivity index (χ4n) is 5.86. The van der Waals surface area contributed by atoms with Crippen LogP contribution in [0.4, 0.5) is 23.2 Å². The summed E-state index contributed by atoms with van der Waals surface area (Å²) >= 11 is 0. The largest absolute Gasteiger partial charge is 0.469 e. The average molecular weight is 855 g/mol. The van der Waals surface area contributed by atoms with E-state index in [4.69, 9.17) is 27.5 Å². The first-order valence-corrected chi connectivity index (χ1v) is 22.1. The second-order valence-corrected chi connectivity index (χ2v) is 15.3. The quantitative estimate of drug-likeness (QED) is 0.00684. The van der Waals surface area contributed by atoms with E-state index in [1.807, 2.05) is 0 Å². The number of rotatable bonds is 35. The van der Waals surface area contributed by atoms with Gasteiger partial charge in [-0.15, -0.1) is 0 Å². The van der Waals surface area contributed by atoms with E-state index in [9.17, 15) is 36.5 Å². The van der Waals surface area contributed by atoms with Gasteiger partial charge in [-0.25, -0.2) is 22.1 Å². The molecule has 3 N–H and O–H groups in total. The highest BCUT2D eigenvalue weighted by Gasteiger charge is 2.29. The summed E-state index contributed by atoms with van der Waals surface area (Å²) in [5, 5.41) is 4.80. The van der Waals surface area contributed by atoms with E-state index in [0.717, 1.165) is 70.6 Å². The lowest BCUT2D eigenvalue weighted by molar-refractivity contribution is -0.161. The number of nitrogens with zero attached hydrogens (tertiary/aromatic N) is 3. The standard InChI is InChI=1S/C40H63F4N4O9P/c1-2-3-4-5-6-7-8-9-10-11-12-14-17-20-23-26-32(49)55-29-31(30-56-58(52,53)54)57-33(50)27-24-21-18-15-13-16-19-22-25-28-46-40(51)34-35(41)37(43)39(47-48-45)38(44)36(34)42/h9-10,31H,2-8,11-30H2,1H3,(H,46,51)(H2,52,53,54)/b10-9+/i9T,10T. The Kier molecular flexibility index (Phi) is 27.3. The molecule has 0 aliphatic rings. The van der Waals surface area contributed by atoms with E-state index in [2.05, 4.69) is 26.8 Å². The Balaban J connectivity index is 2.22. The van der Waals surface area contributed by atoms with E-state index in [0.29, 0.717) is 57.0 Å². The molecule has 0 aliphatic carbocycles. The van der Waals surface area contributed by atoms with Crippen LogP contribution in [0.15, 0.2) is 17.2 Å². The van der Waals surface area contributed by atoms with Crippen molar-refractivity contribution in [1.82, 2.24) is 5.32 Å². The summed E-state index contributed by atoms with van der Waals surface area (Å²) in [5.41, 5.74) is 5.37. The number of ether oxygens (including phenoxy) is 2. The molecule has 1 atom stereocenters. The van der Waals surface area contributed by atoms with Crippen molar-refractivity contribution in [2.45, 2.75) is 167 Å². The number of esters is 2. The van der Waals surface area contributed by atoms with Crippen LogP contribution >= 0.6 is 7.82 Å². The van der Waals surface area contributed by atoms with Crippen LogP contribution < -0.4 is 5.32 Å². The van der Waals surface area contributed by atoms with Crippen LogP contribution in [0.2, 0.25) is 0 Å². The minimum Gasteiger partial charge on any atom is -0.462 e. The highest BCUT2D eigenvalue weighted by atomic mass is 31.2. The van der Waals surface area contributed by atoms with Crippen LogP contribution in [0, 0.1) is 23.3 Å². The van der Waals surface area contributed by atoms with E-state index < -0.39 is 79.5 Å². The van der Waals surface area contributed by atoms with Gasteiger partial charge in [-0.1, -0.05) is 120 Å². The molecular formula is C40H63F4N4O9P. The van der Waals surface area contributed by atoms with Crippen molar-refractivity contribution in [1.29, 1.82) is 0 Å². The number of unbranched alkanes of at least 4 members (excludes halogenated alkanes) is 17. The number of benzene rings is 1. The molecular weight excluding hydrogens is 787 g/mol. The minimum atomic E-state index is -4.87. The molecule has 330 valence electrons. The Labute approximate surface area is 342 Å². The second kappa shape index (κ2) is 32.4. The highest BCUT2D eigenvalue weighted by Crippen LogP contribution is 2.36. The van der Waals surface area contributed by atoms with Crippen molar-refractivity contribution in [3.05, 3.63) is 51.4 Å². The lowest BCUT2D eigenvalue weighted by atomic mass is 10.1. The van der Waals surface area contributed by atoms with Crippen LogP contribution in [0.1, 0.15) is 174 Å². The molecule has 0 aromatic heterocycles. The molecule has 1 aromatic rings. The molecule has 0 heterocycles. The molecule has 1 unspecified atom stereocenters. The first-order valence-electron chi connectivity index (χ1n) is 21.5. The third kappa shape index (κ3) is 25.1. The van der Waals surface area contributed by atoms with Gasteiger partial charge < -0.3 is 24.6 Å². The number of allylic oxidation sites excluding steroid dienone is 2. The molecule has 1 amide bonds. The summed E-state index contributed by atoms with van der Waals surface area (Å²) < 4.78 is 98.5. The summed E-state index contributed by atoms with van der Waals surface area (Å²) in [7, 11) is -4.87. The van der Waals surface area contributed by atoms with Crippen LogP contribution in [-0.2, 0) is 28.2 Å². The van der Waals surface area contributed by atoms with Crippen molar-refractivity contribution < 1.29 is 63.0 Å². The van der Waals surface area contributed by atoms with Crippen LogP contribution in [-0.4, -0.2) is 53.5 Å². The molecule has 0 radical (unpaired) electrons. The fraction of sp³-hybridized carbons (Fsp3) is 0.725. The number of phosphoric acid groups is 1. The smallest absolute Gasteiger partial charge is 0.462 e. The van der Waals surface area contributed by atoms with Crippen LogP contribution in [0.25, 0.3) is 10.4 Å². The molecule has 0 saturated heterocycles. The normalized spacial score (nSPS) is 12.9. The van der Waals surface area contributed by atoms with Gasteiger partial charge in [0.05, 0.1) is 9.35 Å². The van der Waals surface area contributed by atoms with Crippen molar-refractivity contribution in [3.8, 4) is 0 Å². The Morgan fingerprint density at radius 1 is 0.741 bits per heavy atom. The first kappa shape index (κ1) is 48.9. The number of hydrogen-bond donors (Lipinski definition) is 3. The predicted octanol–water partition coefficient (Wildman–Crippen LogP) is 11.4. The van der Waals surface area contributed by atoms with Gasteiger partial charge in [0.2, 0.25) is 0 Å². The van der Waals surface area contributed by atoms with Gasteiger partial charge in [-0.05, 0) is 50.5 Å². The van der Waals surface area contributed by atoms with E-state index in [1.165, 1.54) is 25.7 Å². The number of carbonyl (C=O) groups is 3. The Morgan fingerprint density at radius 3 is 1.71 bits per heavy atom. The average Bonchev–Trinajstić information content (AvgIpc) is 3.20. The number of nitrogens with one attached hydrogen (secondary N) is 1. The van der Waals surface area contributed by atoms with Gasteiger partial charge in [0.25, 0.3) is 5.91 Å². The monoisotopic (exact) mass is 854 g/mol. The molecule has 0 fully saturated rings. The number of phosphoric ester groups is 1. The molecule has 18 heteroatoms. The third-order valence-corrected chi connectivity index (χ3v) is 9.56. The maximum Gasteiger partial charge on any atom is 0.469 e. The predicted molar refractivity (Wildman–Crippen MR) is 212 cm³/mol. The minimum absolute atomic E-state index is 0.00681. The molecule has 58 heavy (non-hydrogen) atoms. The van der Waals surface area contributed by atoms with Crippen molar-refractivity contribution in [2.75, 3.05) is 19.8 Å². The second-order valence-electron chi connectivity index (χ2n) is 14.1. The number of hydrogen-bond acceptors (Lipinski definition) is 8. The Bertz CT molecular complexity index is 1570. The topological polar surface area (TPSA) is 197 Å². The zero-order valence-corrected chi connectivity index (χ0v) is 34.6. The number of carbonyl (C=O) groups excluding carboxylic acids is 3. The van der Waals surface area contributed by atoms with E-state index in [-0.39, 0.29) is 19.4 Å². The maximum atomic E-state index is 14.1. The first-order chi connectivity index (χ1) is 28.6. The lowest BCUT2D eigenvalue weighted by Crippen LogP contribution is -2.29. The summed E-state index contributed by atoms with van der Waals surface area (Å²) in [5.74, 6) is -10.4. The van der Waals surface area contributed by atoms with E-state index >= 15 is 0 Å². The van der Waals surface area contributed by atoms with Gasteiger partial charge in [-0.2, -0.15) is 0 Å². The number of amides is 1. The summed E-state index contributed by atoms with van der Waals surface area (Å²) in [6, 6.07) is 0.819. The molecule has 0 aliphatic heterocycles. The summed E-state index contributed by atoms with van der Waals surface area (Å²) in [4.78, 5) is 57.1. The Hall–Kier alpha value is -3.49. The van der Waals surface area contributed by atoms with Gasteiger partial charge in [0.1, 0.15) is 17.9 Å². The lowest BCUT2D eigenvalue weighted by Gasteiger charge is -2.18. The number of azide groups is 1. The van der Waals surface area contributed by atoms with Crippen molar-refractivity contribution in [2.24, 2.45) is 5.11 Å². The van der Waals surface area contributed by atoms with E-state index in [1.54, 1.807) is 0 Å². The van der Waals surface area contributed by atoms with Crippen molar-refractivity contribution in [3.63, 3.8) is 0 Å². The third-order valence-electron chi connectivity index (χ3n) is 9.08. The number of halogens is 4. The SMILES string of the molecule is [3H]/C(CCCCCCCC)=C(/[3H])CCCCCCCC(=O)OCC(COP(=O)(O)O)OC(=O)CCCCCCCCCCCNC(=O)c1c(F)c(F)c(N=[N+]=[N-])c(F)c1F. The Morgan fingerprint density at radius 2 is 1.21 bits per heavy atom. The van der Waals surface area contributed by atoms with Crippen LogP contribution in [0.5, 0.6) is 0 Å². The molecule has 1 rings (SSSR count). The van der Waals surface area contributed by atoms with Crippen molar-refractivity contribution >= 4 is 31.4 Å². The van der Waals surface area contributed by atoms with Gasteiger partial charge >= 0.3 is 19.8 Å². The molecule has 1 aromatic carbocycles. The maximum absolute atomic E-state index is 14.1. The van der Waals surface area contributed by atoms with Gasteiger partial charge in [0, 0.05) is 24.3 Å². The molecule has 0 bridgehead atoms. The molecule has 13 nitrogen and oxygen atoms in total. The zero-order chi connectivity index (χ0) is 44.8. The molecule has 0 spiro atoms. The van der Waals surface area contributed by atoms with Gasteiger partial charge in [-0.3, -0.25) is 18.9 Å². The zero-order valence-electron chi connectivity index (χ0n) is 35.7. The summed E-state index contributed by atoms with van der Waals surface area (Å²) in [6.07, 6.45) is 17.5. The highest BCUT2D eigenvalue weighted by molar-refractivity contribution is 7.46. The molecule has 0 saturated carbocycles.